The van der Waals surface area contributed by atoms with Crippen LogP contribution in [0.25, 0.3) is 11.7 Å². The molecule has 1 fully saturated rings. The molecule has 7 nitrogen and oxygen atoms in total. The molecule has 34 heavy (non-hydrogen) atoms. The van der Waals surface area contributed by atoms with Crippen molar-refractivity contribution in [1.29, 1.82) is 0 Å². The molecule has 0 bridgehead atoms. The summed E-state index contributed by atoms with van der Waals surface area (Å²) in [5.41, 5.74) is 0.253. The standard InChI is InChI=1S/C25H25N3O4S2/c1-3-4-5-9-15-28-24(30)20(34-25(28)33)16-17-22(32-19-12-7-6-11-18(19)31-2)26-21-13-8-10-14-27(21)23(17)29/h6-8,10-14,16H,3-5,9,15H2,1-2H3/b20-16+. The molecule has 1 aliphatic heterocycles. The fraction of sp³-hybridized carbons (Fsp3) is 0.280. The molecular formula is C25H25N3O4S2. The minimum atomic E-state index is -0.344. The maximum atomic E-state index is 13.4. The number of ether oxygens (including phenoxy) is 2. The molecule has 0 N–H and O–H groups in total. The van der Waals surface area contributed by atoms with Gasteiger partial charge >= 0.3 is 0 Å². The van der Waals surface area contributed by atoms with Crippen molar-refractivity contribution in [3.8, 4) is 17.4 Å². The van der Waals surface area contributed by atoms with Crippen LogP contribution in [0, 0.1) is 0 Å². The molecular weight excluding hydrogens is 470 g/mol. The molecule has 4 rings (SSSR count). The van der Waals surface area contributed by atoms with Crippen LogP contribution in [0.5, 0.6) is 17.4 Å². The van der Waals surface area contributed by atoms with Crippen LogP contribution < -0.4 is 15.0 Å². The van der Waals surface area contributed by atoms with Gasteiger partial charge in [-0.25, -0.2) is 0 Å². The van der Waals surface area contributed by atoms with Crippen LogP contribution in [0.4, 0.5) is 0 Å². The number of thiocarbonyl (C=S) groups is 1. The van der Waals surface area contributed by atoms with Gasteiger partial charge < -0.3 is 9.47 Å². The molecule has 3 aromatic rings. The summed E-state index contributed by atoms with van der Waals surface area (Å²) < 4.78 is 13.3. The van der Waals surface area contributed by atoms with Gasteiger partial charge in [-0.1, -0.05) is 68.4 Å². The van der Waals surface area contributed by atoms with Gasteiger partial charge in [0.15, 0.2) is 11.5 Å². The lowest BCUT2D eigenvalue weighted by atomic mass is 10.2. The van der Waals surface area contributed by atoms with Crippen molar-refractivity contribution < 1.29 is 14.3 Å². The summed E-state index contributed by atoms with van der Waals surface area (Å²) in [4.78, 5) is 33.0. The number of nitrogens with zero attached hydrogens (tertiary/aromatic N) is 3. The Morgan fingerprint density at radius 1 is 1.06 bits per heavy atom. The maximum absolute atomic E-state index is 13.4. The van der Waals surface area contributed by atoms with Crippen molar-refractivity contribution in [1.82, 2.24) is 14.3 Å². The normalized spacial score (nSPS) is 14.9. The Balaban J connectivity index is 1.74. The molecule has 1 saturated heterocycles. The third-order valence-corrected chi connectivity index (χ3v) is 6.77. The van der Waals surface area contributed by atoms with E-state index < -0.39 is 0 Å². The summed E-state index contributed by atoms with van der Waals surface area (Å²) >= 11 is 6.64. The van der Waals surface area contributed by atoms with Gasteiger partial charge in [-0.3, -0.25) is 18.9 Å². The first-order chi connectivity index (χ1) is 16.5. The SMILES string of the molecule is CCCCCCN1C(=O)/C(=C\c2c(Oc3ccccc3OC)nc3ccccn3c2=O)SC1=S. The second-order valence-electron chi connectivity index (χ2n) is 7.71. The van der Waals surface area contributed by atoms with Gasteiger partial charge in [0, 0.05) is 12.7 Å². The van der Waals surface area contributed by atoms with Crippen LogP contribution >= 0.6 is 24.0 Å². The number of thioether (sulfide) groups is 1. The number of hydrogen-bond donors (Lipinski definition) is 0. The Morgan fingerprint density at radius 2 is 1.82 bits per heavy atom. The number of benzene rings is 1. The Hall–Kier alpha value is -3.17. The van der Waals surface area contributed by atoms with E-state index in [1.807, 2.05) is 6.07 Å². The van der Waals surface area contributed by atoms with E-state index in [2.05, 4.69) is 11.9 Å². The number of carbonyl (C=O) groups excluding carboxylic acids is 1. The third-order valence-electron chi connectivity index (χ3n) is 5.39. The highest BCUT2D eigenvalue weighted by Gasteiger charge is 2.32. The first-order valence-corrected chi connectivity index (χ1v) is 12.3. The average molecular weight is 496 g/mol. The van der Waals surface area contributed by atoms with E-state index in [4.69, 9.17) is 21.7 Å². The quantitative estimate of drug-likeness (QED) is 0.227. The van der Waals surface area contributed by atoms with Crippen LogP contribution in [0.15, 0.2) is 58.4 Å². The summed E-state index contributed by atoms with van der Waals surface area (Å²) in [6, 6.07) is 12.4. The van der Waals surface area contributed by atoms with Gasteiger partial charge in [0.1, 0.15) is 15.5 Å². The van der Waals surface area contributed by atoms with Crippen LogP contribution in [-0.2, 0) is 4.79 Å². The lowest BCUT2D eigenvalue weighted by Crippen LogP contribution is -2.29. The maximum Gasteiger partial charge on any atom is 0.269 e. The Labute approximate surface area is 207 Å². The second-order valence-corrected chi connectivity index (χ2v) is 9.39. The molecule has 3 heterocycles. The highest BCUT2D eigenvalue weighted by molar-refractivity contribution is 8.26. The monoisotopic (exact) mass is 495 g/mol. The number of amides is 1. The minimum Gasteiger partial charge on any atom is -0.493 e. The van der Waals surface area contributed by atoms with Crippen LogP contribution in [-0.4, -0.2) is 38.2 Å². The first-order valence-electron chi connectivity index (χ1n) is 11.1. The number of carbonyl (C=O) groups is 1. The molecule has 1 amide bonds. The lowest BCUT2D eigenvalue weighted by Gasteiger charge is -2.14. The largest absolute Gasteiger partial charge is 0.493 e. The number of fused-ring (bicyclic) bond motifs is 1. The number of hydrogen-bond acceptors (Lipinski definition) is 7. The zero-order valence-electron chi connectivity index (χ0n) is 19.0. The number of para-hydroxylation sites is 2. The molecule has 9 heteroatoms. The lowest BCUT2D eigenvalue weighted by molar-refractivity contribution is -0.122. The molecule has 0 saturated carbocycles. The minimum absolute atomic E-state index is 0.0916. The molecule has 0 unspecified atom stereocenters. The van der Waals surface area contributed by atoms with Gasteiger partial charge in [-0.15, -0.1) is 0 Å². The summed E-state index contributed by atoms with van der Waals surface area (Å²) in [5, 5.41) is 0. The topological polar surface area (TPSA) is 73.1 Å². The van der Waals surface area contributed by atoms with Crippen molar-refractivity contribution >= 4 is 45.9 Å². The zero-order valence-corrected chi connectivity index (χ0v) is 20.7. The Kier molecular flexibility index (Phi) is 7.64. The molecule has 0 atom stereocenters. The number of pyridine rings is 1. The Bertz CT molecular complexity index is 1320. The van der Waals surface area contributed by atoms with Crippen LogP contribution in [0.1, 0.15) is 38.2 Å². The van der Waals surface area contributed by atoms with Crippen molar-refractivity contribution in [2.75, 3.05) is 13.7 Å². The van der Waals surface area contributed by atoms with Gasteiger partial charge in [-0.05, 0) is 36.8 Å². The number of methoxy groups -OCH3 is 1. The van der Waals surface area contributed by atoms with E-state index in [0.717, 1.165) is 25.7 Å². The molecule has 176 valence electrons. The highest BCUT2D eigenvalue weighted by atomic mass is 32.2. The first kappa shape index (κ1) is 24.0. The van der Waals surface area contributed by atoms with Crippen molar-refractivity contribution in [3.05, 3.63) is 69.5 Å². The molecule has 0 spiro atoms. The molecule has 0 radical (unpaired) electrons. The molecule has 1 aromatic carbocycles. The van der Waals surface area contributed by atoms with Gasteiger partial charge in [0.25, 0.3) is 11.5 Å². The fourth-order valence-corrected chi connectivity index (χ4v) is 4.90. The fourth-order valence-electron chi connectivity index (χ4n) is 3.61. The predicted octanol–water partition coefficient (Wildman–Crippen LogP) is 5.28. The van der Waals surface area contributed by atoms with Crippen molar-refractivity contribution in [3.63, 3.8) is 0 Å². The molecule has 2 aromatic heterocycles. The van der Waals surface area contributed by atoms with E-state index in [-0.39, 0.29) is 22.9 Å². The smallest absolute Gasteiger partial charge is 0.269 e. The van der Waals surface area contributed by atoms with E-state index in [1.54, 1.807) is 47.5 Å². The van der Waals surface area contributed by atoms with Gasteiger partial charge in [0.05, 0.1) is 12.0 Å². The third kappa shape index (κ3) is 5.00. The number of aromatic nitrogens is 2. The molecule has 1 aliphatic rings. The van der Waals surface area contributed by atoms with Crippen LogP contribution in [0.2, 0.25) is 0 Å². The summed E-state index contributed by atoms with van der Waals surface area (Å²) in [6.07, 6.45) is 7.33. The highest BCUT2D eigenvalue weighted by Crippen LogP contribution is 2.35. The van der Waals surface area contributed by atoms with Crippen LogP contribution in [0.3, 0.4) is 0 Å². The Morgan fingerprint density at radius 3 is 2.59 bits per heavy atom. The number of rotatable bonds is 9. The van der Waals surface area contributed by atoms with Crippen molar-refractivity contribution in [2.45, 2.75) is 32.6 Å². The average Bonchev–Trinajstić information content (AvgIpc) is 3.11. The van der Waals surface area contributed by atoms with E-state index in [1.165, 1.54) is 29.3 Å². The molecule has 0 aliphatic carbocycles. The predicted molar refractivity (Wildman–Crippen MR) is 139 cm³/mol. The summed E-state index contributed by atoms with van der Waals surface area (Å²) in [6.45, 7) is 2.71. The van der Waals surface area contributed by atoms with Gasteiger partial charge in [0.2, 0.25) is 5.88 Å². The van der Waals surface area contributed by atoms with E-state index in [9.17, 15) is 9.59 Å². The van der Waals surface area contributed by atoms with Crippen molar-refractivity contribution in [2.24, 2.45) is 0 Å². The zero-order chi connectivity index (χ0) is 24.1. The summed E-state index contributed by atoms with van der Waals surface area (Å²) in [5.74, 6) is 0.804. The summed E-state index contributed by atoms with van der Waals surface area (Å²) in [7, 11) is 1.54. The van der Waals surface area contributed by atoms with Gasteiger partial charge in [-0.2, -0.15) is 4.98 Å². The van der Waals surface area contributed by atoms with E-state index >= 15 is 0 Å². The number of unbranched alkanes of at least 4 members (excludes halogenated alkanes) is 3. The second kappa shape index (κ2) is 10.8. The van der Waals surface area contributed by atoms with E-state index in [0.29, 0.717) is 32.9 Å².